The first-order valence-corrected chi connectivity index (χ1v) is 8.25. The van der Waals surface area contributed by atoms with Crippen LogP contribution >= 0.6 is 0 Å². The fourth-order valence-corrected chi connectivity index (χ4v) is 4.43. The largest absolute Gasteiger partial charge is 0.505 e. The molecule has 0 N–H and O–H groups in total. The number of hydrogen-bond donors (Lipinski definition) is 0. The molecule has 0 aliphatic heterocycles. The summed E-state index contributed by atoms with van der Waals surface area (Å²) in [5.74, 6) is -0.250. The molecular formula is C13H21FO3Si. The van der Waals surface area contributed by atoms with Gasteiger partial charge in [0.15, 0.2) is 0 Å². The average molecular weight is 272 g/mol. The van der Waals surface area contributed by atoms with E-state index in [2.05, 4.69) is 0 Å². The van der Waals surface area contributed by atoms with Crippen LogP contribution in [0.25, 0.3) is 0 Å². The molecule has 0 spiro atoms. The van der Waals surface area contributed by atoms with E-state index in [1.807, 2.05) is 26.8 Å². The third-order valence-corrected chi connectivity index (χ3v) is 5.43. The SMILES string of the molecule is CCO[Si](Cc1cccc(F)c1)(OCC)OCC. The second kappa shape index (κ2) is 7.63. The Labute approximate surface area is 109 Å². The van der Waals surface area contributed by atoms with Crippen molar-refractivity contribution >= 4 is 8.80 Å². The zero-order valence-electron chi connectivity index (χ0n) is 11.2. The van der Waals surface area contributed by atoms with Crippen molar-refractivity contribution in [3.05, 3.63) is 35.6 Å². The lowest BCUT2D eigenvalue weighted by Gasteiger charge is -2.28. The molecule has 0 saturated carbocycles. The summed E-state index contributed by atoms with van der Waals surface area (Å²) >= 11 is 0. The monoisotopic (exact) mass is 272 g/mol. The lowest BCUT2D eigenvalue weighted by molar-refractivity contribution is 0.0704. The molecule has 0 fully saturated rings. The summed E-state index contributed by atoms with van der Waals surface area (Å²) in [4.78, 5) is 0. The van der Waals surface area contributed by atoms with Crippen LogP contribution in [-0.2, 0) is 19.3 Å². The number of halogens is 1. The minimum atomic E-state index is -2.73. The summed E-state index contributed by atoms with van der Waals surface area (Å²) in [6.07, 6.45) is 0. The minimum absolute atomic E-state index is 0.250. The third kappa shape index (κ3) is 4.49. The molecule has 0 unspecified atom stereocenters. The van der Waals surface area contributed by atoms with Crippen LogP contribution in [0.2, 0.25) is 0 Å². The van der Waals surface area contributed by atoms with Crippen LogP contribution in [0.4, 0.5) is 4.39 Å². The van der Waals surface area contributed by atoms with Gasteiger partial charge < -0.3 is 13.3 Å². The Morgan fingerprint density at radius 2 is 1.56 bits per heavy atom. The van der Waals surface area contributed by atoms with Crippen LogP contribution < -0.4 is 0 Å². The Balaban J connectivity index is 2.87. The van der Waals surface area contributed by atoms with E-state index in [0.29, 0.717) is 25.9 Å². The van der Waals surface area contributed by atoms with Gasteiger partial charge in [-0.25, -0.2) is 4.39 Å². The lowest BCUT2D eigenvalue weighted by Crippen LogP contribution is -2.48. The molecule has 0 amide bonds. The molecule has 102 valence electrons. The normalized spacial score (nSPS) is 11.8. The van der Waals surface area contributed by atoms with Gasteiger partial charge in [0.25, 0.3) is 0 Å². The molecule has 0 saturated heterocycles. The first-order valence-electron chi connectivity index (χ1n) is 6.32. The molecule has 0 radical (unpaired) electrons. The van der Waals surface area contributed by atoms with Gasteiger partial charge in [-0.1, -0.05) is 12.1 Å². The Morgan fingerprint density at radius 3 is 2.00 bits per heavy atom. The maximum absolute atomic E-state index is 13.2. The van der Waals surface area contributed by atoms with Crippen LogP contribution in [0.3, 0.4) is 0 Å². The van der Waals surface area contributed by atoms with Gasteiger partial charge in [0, 0.05) is 25.9 Å². The predicted octanol–water partition coefficient (Wildman–Crippen LogP) is 2.96. The number of hydrogen-bond acceptors (Lipinski definition) is 3. The molecule has 5 heteroatoms. The molecule has 0 aliphatic carbocycles. The van der Waals surface area contributed by atoms with Crippen LogP contribution in [0, 0.1) is 5.82 Å². The summed E-state index contributed by atoms with van der Waals surface area (Å²) in [6.45, 7) is 7.31. The van der Waals surface area contributed by atoms with Crippen molar-refractivity contribution in [1.29, 1.82) is 0 Å². The summed E-state index contributed by atoms with van der Waals surface area (Å²) < 4.78 is 30.4. The van der Waals surface area contributed by atoms with Crippen molar-refractivity contribution in [1.82, 2.24) is 0 Å². The molecule has 0 atom stereocenters. The van der Waals surface area contributed by atoms with Crippen LogP contribution in [0.1, 0.15) is 26.3 Å². The molecule has 1 aromatic carbocycles. The second-order valence-electron chi connectivity index (χ2n) is 3.79. The zero-order valence-corrected chi connectivity index (χ0v) is 12.2. The first kappa shape index (κ1) is 15.3. The van der Waals surface area contributed by atoms with E-state index in [4.69, 9.17) is 13.3 Å². The van der Waals surface area contributed by atoms with Crippen molar-refractivity contribution in [2.75, 3.05) is 19.8 Å². The highest BCUT2D eigenvalue weighted by molar-refractivity contribution is 6.60. The maximum Gasteiger partial charge on any atom is 0.505 e. The highest BCUT2D eigenvalue weighted by atomic mass is 28.4. The number of rotatable bonds is 8. The van der Waals surface area contributed by atoms with E-state index < -0.39 is 8.80 Å². The molecule has 3 nitrogen and oxygen atoms in total. The lowest BCUT2D eigenvalue weighted by atomic mass is 10.2. The fourth-order valence-electron chi connectivity index (χ4n) is 1.83. The molecule has 1 aromatic rings. The topological polar surface area (TPSA) is 27.7 Å². The van der Waals surface area contributed by atoms with E-state index in [0.717, 1.165) is 5.56 Å². The van der Waals surface area contributed by atoms with Crippen molar-refractivity contribution < 1.29 is 17.7 Å². The standard InChI is InChI=1S/C13H21FO3Si/c1-4-15-18(16-5-2,17-6-3)11-12-8-7-9-13(14)10-12/h7-10H,4-6,11H2,1-3H3. The minimum Gasteiger partial charge on any atom is -0.374 e. The average Bonchev–Trinajstić information content (AvgIpc) is 2.30. The second-order valence-corrected chi connectivity index (χ2v) is 6.37. The van der Waals surface area contributed by atoms with E-state index in [1.165, 1.54) is 12.1 Å². The molecule has 1 rings (SSSR count). The first-order chi connectivity index (χ1) is 8.65. The third-order valence-electron chi connectivity index (χ3n) is 2.40. The molecular weight excluding hydrogens is 251 g/mol. The zero-order chi connectivity index (χ0) is 13.4. The van der Waals surface area contributed by atoms with E-state index in [-0.39, 0.29) is 5.82 Å². The Hall–Kier alpha value is -0.753. The highest BCUT2D eigenvalue weighted by Gasteiger charge is 2.40. The molecule has 0 bridgehead atoms. The van der Waals surface area contributed by atoms with Crippen LogP contribution in [-0.4, -0.2) is 28.6 Å². The quantitative estimate of drug-likeness (QED) is 0.681. The Kier molecular flexibility index (Phi) is 6.49. The fraction of sp³-hybridized carbons (Fsp3) is 0.538. The van der Waals surface area contributed by atoms with Gasteiger partial charge in [0.2, 0.25) is 0 Å². The Morgan fingerprint density at radius 1 is 1.00 bits per heavy atom. The van der Waals surface area contributed by atoms with Gasteiger partial charge in [-0.2, -0.15) is 0 Å². The summed E-state index contributed by atoms with van der Waals surface area (Å²) in [6, 6.07) is 6.98. The van der Waals surface area contributed by atoms with Crippen LogP contribution in [0.15, 0.2) is 24.3 Å². The number of benzene rings is 1. The van der Waals surface area contributed by atoms with E-state index >= 15 is 0 Å². The molecule has 0 aliphatic rings. The van der Waals surface area contributed by atoms with Crippen LogP contribution in [0.5, 0.6) is 0 Å². The summed E-state index contributed by atoms with van der Waals surface area (Å²) in [7, 11) is -2.73. The molecule has 0 heterocycles. The van der Waals surface area contributed by atoms with Crippen molar-refractivity contribution in [2.45, 2.75) is 26.8 Å². The van der Waals surface area contributed by atoms with Crippen molar-refractivity contribution in [3.63, 3.8) is 0 Å². The van der Waals surface area contributed by atoms with E-state index in [9.17, 15) is 4.39 Å². The maximum atomic E-state index is 13.2. The van der Waals surface area contributed by atoms with Gasteiger partial charge in [0.05, 0.1) is 0 Å². The van der Waals surface area contributed by atoms with Gasteiger partial charge >= 0.3 is 8.80 Å². The summed E-state index contributed by atoms with van der Waals surface area (Å²) in [5.41, 5.74) is 0.844. The van der Waals surface area contributed by atoms with E-state index in [1.54, 1.807) is 6.07 Å². The Bertz CT molecular complexity index is 343. The van der Waals surface area contributed by atoms with Gasteiger partial charge in [-0.05, 0) is 38.5 Å². The van der Waals surface area contributed by atoms with Gasteiger partial charge in [0.1, 0.15) is 5.82 Å². The molecule has 18 heavy (non-hydrogen) atoms. The highest BCUT2D eigenvalue weighted by Crippen LogP contribution is 2.17. The molecule has 0 aromatic heterocycles. The van der Waals surface area contributed by atoms with Gasteiger partial charge in [-0.3, -0.25) is 0 Å². The smallest absolute Gasteiger partial charge is 0.374 e. The summed E-state index contributed by atoms with van der Waals surface area (Å²) in [5, 5.41) is 0. The van der Waals surface area contributed by atoms with Crippen molar-refractivity contribution in [3.8, 4) is 0 Å². The van der Waals surface area contributed by atoms with Crippen molar-refractivity contribution in [2.24, 2.45) is 0 Å². The van der Waals surface area contributed by atoms with Gasteiger partial charge in [-0.15, -0.1) is 0 Å². The predicted molar refractivity (Wildman–Crippen MR) is 70.7 cm³/mol.